The van der Waals surface area contributed by atoms with Crippen molar-refractivity contribution in [3.63, 3.8) is 0 Å². The highest BCUT2D eigenvalue weighted by Gasteiger charge is 2.50. The van der Waals surface area contributed by atoms with Gasteiger partial charge in [-0.2, -0.15) is 0 Å². The molecule has 2 saturated carbocycles. The molecule has 0 bridgehead atoms. The molecule has 2 fully saturated rings. The zero-order chi connectivity index (χ0) is 13.9. The number of primary amides is 1. The first-order chi connectivity index (χ1) is 9.08. The highest BCUT2D eigenvalue weighted by Crippen LogP contribution is 2.40. The maximum absolute atomic E-state index is 11.9. The number of nitrogens with one attached hydrogen (secondary N) is 1. The minimum Gasteiger partial charge on any atom is -0.376 e. The van der Waals surface area contributed by atoms with E-state index in [0.29, 0.717) is 18.6 Å². The lowest BCUT2D eigenvalue weighted by atomic mass is 9.88. The maximum Gasteiger partial charge on any atom is 0.240 e. The standard InChI is InChI=1S/C15H28N2O2/c1-3-17-15(14(16)18,12-7-8-12)10-19-13-6-4-5-11(2)9-13/h11-13,17H,3-10H2,1-2H3,(H2,16,18). The second-order valence-electron chi connectivity index (χ2n) is 6.34. The molecule has 4 nitrogen and oxygen atoms in total. The van der Waals surface area contributed by atoms with Gasteiger partial charge in [-0.25, -0.2) is 0 Å². The Labute approximate surface area is 116 Å². The van der Waals surface area contributed by atoms with Crippen LogP contribution in [0.4, 0.5) is 0 Å². The van der Waals surface area contributed by atoms with Crippen LogP contribution in [0.5, 0.6) is 0 Å². The molecule has 0 saturated heterocycles. The third-order valence-corrected chi connectivity index (χ3v) is 4.64. The molecule has 4 heteroatoms. The van der Waals surface area contributed by atoms with E-state index in [0.717, 1.165) is 38.1 Å². The summed E-state index contributed by atoms with van der Waals surface area (Å²) in [6.45, 7) is 5.49. The van der Waals surface area contributed by atoms with Crippen molar-refractivity contribution < 1.29 is 9.53 Å². The van der Waals surface area contributed by atoms with Crippen LogP contribution in [0.25, 0.3) is 0 Å². The van der Waals surface area contributed by atoms with Crippen LogP contribution in [0.2, 0.25) is 0 Å². The Morgan fingerprint density at radius 1 is 1.37 bits per heavy atom. The molecule has 0 aromatic carbocycles. The van der Waals surface area contributed by atoms with Crippen LogP contribution in [-0.4, -0.2) is 30.7 Å². The molecule has 1 amide bonds. The summed E-state index contributed by atoms with van der Waals surface area (Å²) in [7, 11) is 0. The van der Waals surface area contributed by atoms with Crippen molar-refractivity contribution in [2.45, 2.75) is 64.0 Å². The summed E-state index contributed by atoms with van der Waals surface area (Å²) in [5.41, 5.74) is 5.03. The summed E-state index contributed by atoms with van der Waals surface area (Å²) in [5.74, 6) is 0.855. The Balaban J connectivity index is 1.94. The van der Waals surface area contributed by atoms with Crippen LogP contribution < -0.4 is 11.1 Å². The molecular weight excluding hydrogens is 240 g/mol. The quantitative estimate of drug-likeness (QED) is 0.740. The first-order valence-electron chi connectivity index (χ1n) is 7.75. The number of hydrogen-bond acceptors (Lipinski definition) is 3. The largest absolute Gasteiger partial charge is 0.376 e. The van der Waals surface area contributed by atoms with Crippen molar-refractivity contribution in [1.29, 1.82) is 0 Å². The molecule has 110 valence electrons. The summed E-state index contributed by atoms with van der Waals surface area (Å²) >= 11 is 0. The van der Waals surface area contributed by atoms with Crippen LogP contribution in [0.1, 0.15) is 52.4 Å². The molecule has 0 heterocycles. The molecule has 3 atom stereocenters. The van der Waals surface area contributed by atoms with E-state index in [1.54, 1.807) is 0 Å². The number of likely N-dealkylation sites (N-methyl/N-ethyl adjacent to an activating group) is 1. The van der Waals surface area contributed by atoms with Crippen molar-refractivity contribution in [2.24, 2.45) is 17.6 Å². The minimum atomic E-state index is -0.630. The van der Waals surface area contributed by atoms with Gasteiger partial charge in [0.25, 0.3) is 0 Å². The van der Waals surface area contributed by atoms with Gasteiger partial charge in [0.15, 0.2) is 0 Å². The van der Waals surface area contributed by atoms with Gasteiger partial charge in [-0.15, -0.1) is 0 Å². The molecule has 0 radical (unpaired) electrons. The Morgan fingerprint density at radius 3 is 2.63 bits per heavy atom. The molecule has 0 spiro atoms. The highest BCUT2D eigenvalue weighted by atomic mass is 16.5. The lowest BCUT2D eigenvalue weighted by molar-refractivity contribution is -0.130. The van der Waals surface area contributed by atoms with Crippen LogP contribution >= 0.6 is 0 Å². The number of amides is 1. The topological polar surface area (TPSA) is 64.3 Å². The summed E-state index contributed by atoms with van der Waals surface area (Å²) in [6.07, 6.45) is 7.25. The normalized spacial score (nSPS) is 30.8. The van der Waals surface area contributed by atoms with Gasteiger partial charge >= 0.3 is 0 Å². The second-order valence-corrected chi connectivity index (χ2v) is 6.34. The zero-order valence-electron chi connectivity index (χ0n) is 12.3. The minimum absolute atomic E-state index is 0.249. The highest BCUT2D eigenvalue weighted by molar-refractivity contribution is 5.85. The monoisotopic (exact) mass is 268 g/mol. The molecule has 0 aromatic rings. The Morgan fingerprint density at radius 2 is 2.11 bits per heavy atom. The van der Waals surface area contributed by atoms with Crippen molar-refractivity contribution >= 4 is 5.91 Å². The summed E-state index contributed by atoms with van der Waals surface area (Å²) in [4.78, 5) is 11.9. The average molecular weight is 268 g/mol. The Hall–Kier alpha value is -0.610. The molecule has 0 aromatic heterocycles. The molecule has 0 aliphatic heterocycles. The lowest BCUT2D eigenvalue weighted by Gasteiger charge is -2.35. The fourth-order valence-corrected chi connectivity index (χ4v) is 3.34. The molecule has 2 aliphatic rings. The van der Waals surface area contributed by atoms with Crippen molar-refractivity contribution in [2.75, 3.05) is 13.2 Å². The third kappa shape index (κ3) is 3.48. The number of nitrogens with two attached hydrogens (primary N) is 1. The lowest BCUT2D eigenvalue weighted by Crippen LogP contribution is -2.60. The summed E-state index contributed by atoms with van der Waals surface area (Å²) < 4.78 is 6.07. The molecule has 19 heavy (non-hydrogen) atoms. The summed E-state index contributed by atoms with van der Waals surface area (Å²) in [6, 6.07) is 0. The fourth-order valence-electron chi connectivity index (χ4n) is 3.34. The van der Waals surface area contributed by atoms with Gasteiger partial charge < -0.3 is 15.8 Å². The first kappa shape index (κ1) is 14.8. The van der Waals surface area contributed by atoms with E-state index in [2.05, 4.69) is 12.2 Å². The van der Waals surface area contributed by atoms with E-state index in [1.165, 1.54) is 12.8 Å². The van der Waals surface area contributed by atoms with Gasteiger partial charge in [0.2, 0.25) is 5.91 Å². The van der Waals surface area contributed by atoms with Crippen LogP contribution in [0.15, 0.2) is 0 Å². The number of carbonyl (C=O) groups excluding carboxylic acids is 1. The van der Waals surface area contributed by atoms with E-state index < -0.39 is 5.54 Å². The second kappa shape index (κ2) is 6.23. The van der Waals surface area contributed by atoms with Crippen molar-refractivity contribution in [3.05, 3.63) is 0 Å². The van der Waals surface area contributed by atoms with Crippen molar-refractivity contribution in [1.82, 2.24) is 5.32 Å². The van der Waals surface area contributed by atoms with E-state index in [4.69, 9.17) is 10.5 Å². The van der Waals surface area contributed by atoms with Crippen molar-refractivity contribution in [3.8, 4) is 0 Å². The zero-order valence-corrected chi connectivity index (χ0v) is 12.3. The number of ether oxygens (including phenoxy) is 1. The molecular formula is C15H28N2O2. The van der Waals surface area contributed by atoms with E-state index >= 15 is 0 Å². The van der Waals surface area contributed by atoms with Gasteiger partial charge in [0, 0.05) is 0 Å². The molecule has 2 aliphatic carbocycles. The fraction of sp³-hybridized carbons (Fsp3) is 0.933. The van der Waals surface area contributed by atoms with Gasteiger partial charge in [0.1, 0.15) is 5.54 Å². The number of carbonyl (C=O) groups is 1. The number of rotatable bonds is 7. The van der Waals surface area contributed by atoms with Gasteiger partial charge in [0.05, 0.1) is 12.7 Å². The molecule has 3 N–H and O–H groups in total. The first-order valence-corrected chi connectivity index (χ1v) is 7.75. The maximum atomic E-state index is 11.9. The van der Waals surface area contributed by atoms with Gasteiger partial charge in [-0.05, 0) is 44.1 Å². The number of hydrogen-bond donors (Lipinski definition) is 2. The van der Waals surface area contributed by atoms with E-state index in [1.807, 2.05) is 6.92 Å². The van der Waals surface area contributed by atoms with Crippen LogP contribution in [-0.2, 0) is 9.53 Å². The van der Waals surface area contributed by atoms with E-state index in [9.17, 15) is 4.79 Å². The van der Waals surface area contributed by atoms with Crippen LogP contribution in [0.3, 0.4) is 0 Å². The van der Waals surface area contributed by atoms with Gasteiger partial charge in [-0.1, -0.05) is 26.7 Å². The predicted molar refractivity (Wildman–Crippen MR) is 75.7 cm³/mol. The smallest absolute Gasteiger partial charge is 0.240 e. The predicted octanol–water partition coefficient (Wildman–Crippen LogP) is 1.83. The van der Waals surface area contributed by atoms with Gasteiger partial charge in [-0.3, -0.25) is 4.79 Å². The average Bonchev–Trinajstić information content (AvgIpc) is 3.19. The molecule has 3 unspecified atom stereocenters. The van der Waals surface area contributed by atoms with Crippen LogP contribution in [0, 0.1) is 11.8 Å². The summed E-state index contributed by atoms with van der Waals surface area (Å²) in [5, 5.41) is 3.31. The third-order valence-electron chi connectivity index (χ3n) is 4.64. The van der Waals surface area contributed by atoms with E-state index in [-0.39, 0.29) is 5.91 Å². The SMILES string of the molecule is CCNC(COC1CCCC(C)C1)(C(N)=O)C1CC1. The molecule has 2 rings (SSSR count). The Kier molecular flexibility index (Phi) is 4.85. The Bertz CT molecular complexity index is 317.